The lowest BCUT2D eigenvalue weighted by Crippen LogP contribution is -1.96. The number of nitrogens with zero attached hydrogens (tertiary/aromatic N) is 1. The highest BCUT2D eigenvalue weighted by atomic mass is 32.2. The van der Waals surface area contributed by atoms with Crippen molar-refractivity contribution < 1.29 is 0 Å². The van der Waals surface area contributed by atoms with Gasteiger partial charge in [0.15, 0.2) is 0 Å². The average Bonchev–Trinajstić information content (AvgIpc) is 2.19. The second kappa shape index (κ2) is 3.68. The van der Waals surface area contributed by atoms with Crippen molar-refractivity contribution in [2.45, 2.75) is 11.3 Å². The molecular formula is C11H9NS. The third-order valence-corrected chi connectivity index (χ3v) is 3.18. The van der Waals surface area contributed by atoms with Crippen molar-refractivity contribution in [1.29, 1.82) is 5.26 Å². The molecule has 0 spiro atoms. The van der Waals surface area contributed by atoms with E-state index in [1.54, 1.807) is 6.08 Å². The van der Waals surface area contributed by atoms with Gasteiger partial charge in [0.25, 0.3) is 0 Å². The summed E-state index contributed by atoms with van der Waals surface area (Å²) in [7, 11) is 0. The van der Waals surface area contributed by atoms with Crippen LogP contribution >= 0.6 is 11.8 Å². The smallest absolute Gasteiger partial charge is 0.0915 e. The van der Waals surface area contributed by atoms with Crippen LogP contribution in [0.5, 0.6) is 0 Å². The molecule has 0 atom stereocenters. The summed E-state index contributed by atoms with van der Waals surface area (Å²) in [6, 6.07) is 10.4. The number of nitriles is 1. The van der Waals surface area contributed by atoms with E-state index in [0.29, 0.717) is 0 Å². The molecule has 1 aliphatic heterocycles. The Morgan fingerprint density at radius 1 is 1.38 bits per heavy atom. The number of thioether (sulfide) groups is 1. The van der Waals surface area contributed by atoms with E-state index < -0.39 is 0 Å². The lowest BCUT2D eigenvalue weighted by atomic mass is 10.0. The van der Waals surface area contributed by atoms with Crippen molar-refractivity contribution >= 4 is 17.3 Å². The summed E-state index contributed by atoms with van der Waals surface area (Å²) in [4.78, 5) is 1.30. The molecule has 1 aromatic rings. The summed E-state index contributed by atoms with van der Waals surface area (Å²) in [6.45, 7) is 0. The minimum absolute atomic E-state index is 1.01. The fraction of sp³-hybridized carbons (Fsp3) is 0.182. The Hall–Kier alpha value is -1.20. The molecule has 0 saturated heterocycles. The zero-order valence-electron chi connectivity index (χ0n) is 7.16. The molecule has 13 heavy (non-hydrogen) atoms. The maximum absolute atomic E-state index is 8.61. The van der Waals surface area contributed by atoms with Gasteiger partial charge in [0.05, 0.1) is 6.07 Å². The molecule has 0 N–H and O–H groups in total. The van der Waals surface area contributed by atoms with Crippen LogP contribution in [0.2, 0.25) is 0 Å². The van der Waals surface area contributed by atoms with Gasteiger partial charge in [-0.1, -0.05) is 18.2 Å². The van der Waals surface area contributed by atoms with E-state index in [1.807, 2.05) is 23.9 Å². The van der Waals surface area contributed by atoms with Crippen LogP contribution in [0.4, 0.5) is 0 Å². The summed E-state index contributed by atoms with van der Waals surface area (Å²) >= 11 is 1.87. The van der Waals surface area contributed by atoms with Crippen LogP contribution in [0.1, 0.15) is 12.0 Å². The molecule has 0 amide bonds. The zero-order valence-corrected chi connectivity index (χ0v) is 7.97. The van der Waals surface area contributed by atoms with Gasteiger partial charge in [-0.2, -0.15) is 5.26 Å². The average molecular weight is 187 g/mol. The van der Waals surface area contributed by atoms with E-state index in [4.69, 9.17) is 5.26 Å². The molecule has 1 heterocycles. The van der Waals surface area contributed by atoms with Crippen LogP contribution in [0.15, 0.2) is 35.2 Å². The Kier molecular flexibility index (Phi) is 2.37. The maximum atomic E-state index is 8.61. The molecule has 0 bridgehead atoms. The van der Waals surface area contributed by atoms with E-state index in [1.165, 1.54) is 16.0 Å². The lowest BCUT2D eigenvalue weighted by Gasteiger charge is -2.16. The van der Waals surface area contributed by atoms with Gasteiger partial charge in [-0.3, -0.25) is 0 Å². The number of fused-ring (bicyclic) bond motifs is 1. The highest BCUT2D eigenvalue weighted by Gasteiger charge is 2.12. The number of hydrogen-bond donors (Lipinski definition) is 0. The largest absolute Gasteiger partial charge is 0.193 e. The van der Waals surface area contributed by atoms with Crippen molar-refractivity contribution in [2.24, 2.45) is 0 Å². The fourth-order valence-electron chi connectivity index (χ4n) is 1.49. The topological polar surface area (TPSA) is 23.8 Å². The minimum atomic E-state index is 1.01. The minimum Gasteiger partial charge on any atom is -0.193 e. The van der Waals surface area contributed by atoms with Crippen molar-refractivity contribution in [1.82, 2.24) is 0 Å². The van der Waals surface area contributed by atoms with Gasteiger partial charge in [0.1, 0.15) is 0 Å². The Morgan fingerprint density at radius 2 is 2.23 bits per heavy atom. The number of allylic oxidation sites excluding steroid dienone is 2. The van der Waals surface area contributed by atoms with Gasteiger partial charge in [-0.15, -0.1) is 11.8 Å². The summed E-state index contributed by atoms with van der Waals surface area (Å²) in [5.74, 6) is 1.09. The molecule has 0 saturated carbocycles. The standard InChI is InChI=1S/C11H9NS/c12-7-5-9-6-8-13-11-4-2-1-3-10(9)11/h1-5H,6,8H2. The second-order valence-electron chi connectivity index (χ2n) is 2.89. The molecule has 0 fully saturated rings. The SMILES string of the molecule is N#CC=C1CCSc2ccccc21. The van der Waals surface area contributed by atoms with Crippen LogP contribution in [0, 0.1) is 11.3 Å². The van der Waals surface area contributed by atoms with Crippen molar-refractivity contribution in [2.75, 3.05) is 5.75 Å². The molecule has 2 heteroatoms. The van der Waals surface area contributed by atoms with Gasteiger partial charge < -0.3 is 0 Å². The first-order valence-electron chi connectivity index (χ1n) is 4.22. The van der Waals surface area contributed by atoms with E-state index in [2.05, 4.69) is 18.2 Å². The molecule has 0 unspecified atom stereocenters. The van der Waals surface area contributed by atoms with Crippen LogP contribution in [-0.4, -0.2) is 5.75 Å². The lowest BCUT2D eigenvalue weighted by molar-refractivity contribution is 1.19. The first-order chi connectivity index (χ1) is 6.42. The fourth-order valence-corrected chi connectivity index (χ4v) is 2.56. The molecule has 0 aliphatic carbocycles. The van der Waals surface area contributed by atoms with E-state index in [9.17, 15) is 0 Å². The summed E-state index contributed by atoms with van der Waals surface area (Å²) < 4.78 is 0. The van der Waals surface area contributed by atoms with Gasteiger partial charge in [0, 0.05) is 16.7 Å². The Bertz CT molecular complexity index is 387. The van der Waals surface area contributed by atoms with Crippen LogP contribution in [0.3, 0.4) is 0 Å². The zero-order chi connectivity index (χ0) is 9.10. The first kappa shape index (κ1) is 8.40. The summed E-state index contributed by atoms with van der Waals surface area (Å²) in [6.07, 6.45) is 2.67. The summed E-state index contributed by atoms with van der Waals surface area (Å²) in [5.41, 5.74) is 2.41. The Morgan fingerprint density at radius 3 is 3.08 bits per heavy atom. The molecule has 1 nitrogen and oxygen atoms in total. The second-order valence-corrected chi connectivity index (χ2v) is 4.03. The molecule has 64 valence electrons. The van der Waals surface area contributed by atoms with Gasteiger partial charge in [-0.25, -0.2) is 0 Å². The molecule has 2 rings (SSSR count). The number of hydrogen-bond acceptors (Lipinski definition) is 2. The highest BCUT2D eigenvalue weighted by Crippen LogP contribution is 2.36. The highest BCUT2D eigenvalue weighted by molar-refractivity contribution is 7.99. The molecule has 1 aliphatic rings. The van der Waals surface area contributed by atoms with Gasteiger partial charge in [-0.05, 0) is 23.6 Å². The number of rotatable bonds is 0. The van der Waals surface area contributed by atoms with E-state index in [0.717, 1.165) is 12.2 Å². The Balaban J connectivity index is 2.50. The van der Waals surface area contributed by atoms with Crippen molar-refractivity contribution in [3.63, 3.8) is 0 Å². The third-order valence-electron chi connectivity index (χ3n) is 2.10. The predicted octanol–water partition coefficient (Wildman–Crippen LogP) is 3.09. The van der Waals surface area contributed by atoms with Gasteiger partial charge in [0.2, 0.25) is 0 Å². The normalized spacial score (nSPS) is 17.9. The van der Waals surface area contributed by atoms with Crippen molar-refractivity contribution in [3.8, 4) is 6.07 Å². The number of benzene rings is 1. The molecular weight excluding hydrogens is 178 g/mol. The van der Waals surface area contributed by atoms with E-state index in [-0.39, 0.29) is 0 Å². The van der Waals surface area contributed by atoms with Crippen molar-refractivity contribution in [3.05, 3.63) is 35.9 Å². The van der Waals surface area contributed by atoms with Crippen LogP contribution in [0.25, 0.3) is 5.57 Å². The summed E-state index contributed by atoms with van der Waals surface area (Å²) in [5, 5.41) is 8.61. The van der Waals surface area contributed by atoms with Gasteiger partial charge >= 0.3 is 0 Å². The molecule has 0 aromatic heterocycles. The Labute approximate surface area is 82.1 Å². The predicted molar refractivity (Wildman–Crippen MR) is 55.4 cm³/mol. The molecule has 1 aromatic carbocycles. The maximum Gasteiger partial charge on any atom is 0.0915 e. The first-order valence-corrected chi connectivity index (χ1v) is 5.21. The van der Waals surface area contributed by atoms with E-state index >= 15 is 0 Å². The quantitative estimate of drug-likeness (QED) is 0.583. The van der Waals surface area contributed by atoms with Crippen LogP contribution in [-0.2, 0) is 0 Å². The molecule has 0 radical (unpaired) electrons. The monoisotopic (exact) mass is 187 g/mol. The van der Waals surface area contributed by atoms with Crippen LogP contribution < -0.4 is 0 Å². The third kappa shape index (κ3) is 1.61.